The Morgan fingerprint density at radius 3 is 2.67 bits per heavy atom. The first-order valence-electron chi connectivity index (χ1n) is 7.47. The van der Waals surface area contributed by atoms with Crippen LogP contribution >= 0.6 is 0 Å². The number of ether oxygens (including phenoxy) is 1. The zero-order valence-corrected chi connectivity index (χ0v) is 12.4. The van der Waals surface area contributed by atoms with Gasteiger partial charge in [-0.2, -0.15) is 0 Å². The van der Waals surface area contributed by atoms with E-state index in [1.807, 2.05) is 0 Å². The fraction of sp³-hybridized carbons (Fsp3) is 1.00. The summed E-state index contributed by atoms with van der Waals surface area (Å²) < 4.78 is 5.74. The van der Waals surface area contributed by atoms with E-state index in [-0.39, 0.29) is 11.5 Å². The molecule has 0 aromatic carbocycles. The van der Waals surface area contributed by atoms with Gasteiger partial charge in [0.05, 0.1) is 18.8 Å². The minimum atomic E-state index is -0.145. The molecule has 0 spiro atoms. The summed E-state index contributed by atoms with van der Waals surface area (Å²) in [4.78, 5) is 2.55. The maximum Gasteiger partial charge on any atom is 0.0674 e. The van der Waals surface area contributed by atoms with Crippen LogP contribution in [0.5, 0.6) is 0 Å². The van der Waals surface area contributed by atoms with Crippen LogP contribution in [0, 0.1) is 11.3 Å². The second-order valence-corrected chi connectivity index (χ2v) is 6.89. The van der Waals surface area contributed by atoms with E-state index < -0.39 is 0 Å². The molecule has 3 heteroatoms. The van der Waals surface area contributed by atoms with Gasteiger partial charge >= 0.3 is 0 Å². The molecule has 1 heterocycles. The largest absolute Gasteiger partial charge is 0.392 e. The molecule has 106 valence electrons. The summed E-state index contributed by atoms with van der Waals surface area (Å²) in [6.07, 6.45) is 3.64. The first kappa shape index (κ1) is 14.3. The van der Waals surface area contributed by atoms with Gasteiger partial charge in [-0.3, -0.25) is 4.90 Å². The summed E-state index contributed by atoms with van der Waals surface area (Å²) in [5, 5.41) is 10.4. The zero-order valence-electron chi connectivity index (χ0n) is 12.4. The average molecular weight is 255 g/mol. The van der Waals surface area contributed by atoms with Gasteiger partial charge in [0.2, 0.25) is 0 Å². The Bertz CT molecular complexity index is 280. The van der Waals surface area contributed by atoms with Gasteiger partial charge in [-0.1, -0.05) is 20.8 Å². The second-order valence-electron chi connectivity index (χ2n) is 6.89. The number of hydrogen-bond acceptors (Lipinski definition) is 3. The van der Waals surface area contributed by atoms with Crippen molar-refractivity contribution in [2.24, 2.45) is 11.3 Å². The van der Waals surface area contributed by atoms with Gasteiger partial charge < -0.3 is 9.84 Å². The van der Waals surface area contributed by atoms with Crippen LogP contribution in [0.4, 0.5) is 0 Å². The van der Waals surface area contributed by atoms with Crippen LogP contribution in [-0.2, 0) is 4.74 Å². The predicted molar refractivity (Wildman–Crippen MR) is 73.6 cm³/mol. The highest BCUT2D eigenvalue weighted by molar-refractivity contribution is 4.93. The summed E-state index contributed by atoms with van der Waals surface area (Å²) in [6.45, 7) is 11.7. The van der Waals surface area contributed by atoms with E-state index in [4.69, 9.17) is 4.74 Å². The Kier molecular flexibility index (Phi) is 4.35. The first-order valence-corrected chi connectivity index (χ1v) is 7.47. The molecule has 0 aromatic heterocycles. The lowest BCUT2D eigenvalue weighted by Gasteiger charge is -2.40. The molecule has 4 atom stereocenters. The number of hydrogen-bond donors (Lipinski definition) is 1. The molecule has 1 N–H and O–H groups in total. The quantitative estimate of drug-likeness (QED) is 0.840. The monoisotopic (exact) mass is 255 g/mol. The third-order valence-corrected chi connectivity index (χ3v) is 4.93. The van der Waals surface area contributed by atoms with E-state index >= 15 is 0 Å². The van der Waals surface area contributed by atoms with Crippen LogP contribution in [-0.4, -0.2) is 48.0 Å². The molecule has 1 aliphatic heterocycles. The Morgan fingerprint density at radius 2 is 2.11 bits per heavy atom. The molecule has 0 aromatic rings. The molecule has 2 fully saturated rings. The van der Waals surface area contributed by atoms with E-state index in [9.17, 15) is 5.11 Å². The Hall–Kier alpha value is -0.120. The van der Waals surface area contributed by atoms with E-state index in [1.165, 1.54) is 0 Å². The van der Waals surface area contributed by atoms with Crippen molar-refractivity contribution in [1.29, 1.82) is 0 Å². The van der Waals surface area contributed by atoms with Gasteiger partial charge in [-0.05, 0) is 37.5 Å². The molecule has 0 bridgehead atoms. The predicted octanol–water partition coefficient (Wildman–Crippen LogP) is 2.28. The molecular formula is C15H29NO2. The van der Waals surface area contributed by atoms with Gasteiger partial charge in [0, 0.05) is 19.1 Å². The van der Waals surface area contributed by atoms with Crippen molar-refractivity contribution in [2.45, 2.75) is 65.2 Å². The van der Waals surface area contributed by atoms with E-state index in [2.05, 4.69) is 32.6 Å². The maximum absolute atomic E-state index is 10.4. The molecule has 2 rings (SSSR count). The Balaban J connectivity index is 1.95. The maximum atomic E-state index is 10.4. The van der Waals surface area contributed by atoms with Crippen molar-refractivity contribution in [3.05, 3.63) is 0 Å². The van der Waals surface area contributed by atoms with Crippen LogP contribution in [0.15, 0.2) is 0 Å². The average Bonchev–Trinajstić information content (AvgIpc) is 2.57. The second kappa shape index (κ2) is 5.48. The van der Waals surface area contributed by atoms with Crippen LogP contribution in [0.25, 0.3) is 0 Å². The number of aliphatic hydroxyl groups excluding tert-OH is 1. The normalized spacial score (nSPS) is 41.2. The first-order chi connectivity index (χ1) is 8.44. The van der Waals surface area contributed by atoms with Crippen molar-refractivity contribution >= 4 is 0 Å². The molecule has 0 amide bonds. The Labute approximate surface area is 112 Å². The molecule has 1 saturated carbocycles. The SMILES string of the molecule is CCC1COC(C)CN1CC1CCC(C)(C)C1O. The van der Waals surface area contributed by atoms with E-state index in [0.29, 0.717) is 18.1 Å². The number of aliphatic hydroxyl groups is 1. The van der Waals surface area contributed by atoms with Gasteiger partial charge in [0.25, 0.3) is 0 Å². The van der Waals surface area contributed by atoms with Crippen molar-refractivity contribution in [1.82, 2.24) is 4.90 Å². The minimum absolute atomic E-state index is 0.101. The minimum Gasteiger partial charge on any atom is -0.392 e. The third-order valence-electron chi connectivity index (χ3n) is 4.93. The van der Waals surface area contributed by atoms with E-state index in [1.54, 1.807) is 0 Å². The molecule has 3 nitrogen and oxygen atoms in total. The smallest absolute Gasteiger partial charge is 0.0674 e. The highest BCUT2D eigenvalue weighted by atomic mass is 16.5. The van der Waals surface area contributed by atoms with Crippen LogP contribution < -0.4 is 0 Å². The molecule has 2 aliphatic rings. The van der Waals surface area contributed by atoms with Gasteiger partial charge in [0.1, 0.15) is 0 Å². The lowest BCUT2D eigenvalue weighted by Crippen LogP contribution is -2.51. The van der Waals surface area contributed by atoms with Crippen molar-refractivity contribution < 1.29 is 9.84 Å². The highest BCUT2D eigenvalue weighted by Crippen LogP contribution is 2.41. The standard InChI is InChI=1S/C15H29NO2/c1-5-13-10-18-11(2)8-16(13)9-12-6-7-15(3,4)14(12)17/h11-14,17H,5-10H2,1-4H3. The third kappa shape index (κ3) is 2.89. The molecule has 4 unspecified atom stereocenters. The lowest BCUT2D eigenvalue weighted by molar-refractivity contribution is -0.0689. The fourth-order valence-corrected chi connectivity index (χ4v) is 3.51. The number of rotatable bonds is 3. The number of morpholine rings is 1. The highest BCUT2D eigenvalue weighted by Gasteiger charge is 2.42. The molecular weight excluding hydrogens is 226 g/mol. The van der Waals surface area contributed by atoms with Crippen molar-refractivity contribution in [3.63, 3.8) is 0 Å². The summed E-state index contributed by atoms with van der Waals surface area (Å²) in [6, 6.07) is 0.539. The van der Waals surface area contributed by atoms with Crippen molar-refractivity contribution in [3.8, 4) is 0 Å². The van der Waals surface area contributed by atoms with Gasteiger partial charge in [-0.25, -0.2) is 0 Å². The summed E-state index contributed by atoms with van der Waals surface area (Å²) >= 11 is 0. The Morgan fingerprint density at radius 1 is 1.39 bits per heavy atom. The zero-order chi connectivity index (χ0) is 13.3. The molecule has 0 radical (unpaired) electrons. The number of nitrogens with zero attached hydrogens (tertiary/aromatic N) is 1. The summed E-state index contributed by atoms with van der Waals surface area (Å²) in [5.41, 5.74) is 0.101. The molecule has 1 aliphatic carbocycles. The molecule has 1 saturated heterocycles. The summed E-state index contributed by atoms with van der Waals surface area (Å²) in [7, 11) is 0. The van der Waals surface area contributed by atoms with Crippen molar-refractivity contribution in [2.75, 3.05) is 19.7 Å². The fourth-order valence-electron chi connectivity index (χ4n) is 3.51. The summed E-state index contributed by atoms with van der Waals surface area (Å²) in [5.74, 6) is 0.444. The van der Waals surface area contributed by atoms with Crippen LogP contribution in [0.3, 0.4) is 0 Å². The molecule has 18 heavy (non-hydrogen) atoms. The lowest BCUT2D eigenvalue weighted by atomic mass is 9.87. The van der Waals surface area contributed by atoms with Crippen LogP contribution in [0.2, 0.25) is 0 Å². The van der Waals surface area contributed by atoms with Gasteiger partial charge in [0.15, 0.2) is 0 Å². The van der Waals surface area contributed by atoms with E-state index in [0.717, 1.165) is 39.0 Å². The topological polar surface area (TPSA) is 32.7 Å². The van der Waals surface area contributed by atoms with Gasteiger partial charge in [-0.15, -0.1) is 0 Å². The van der Waals surface area contributed by atoms with Crippen LogP contribution in [0.1, 0.15) is 47.0 Å².